The molecule has 1 aliphatic carbocycles. The summed E-state index contributed by atoms with van der Waals surface area (Å²) >= 11 is 0. The molecule has 0 amide bonds. The van der Waals surface area contributed by atoms with E-state index >= 15 is 0 Å². The molecular formula is C16H28N4. The van der Waals surface area contributed by atoms with Crippen molar-refractivity contribution in [1.29, 1.82) is 0 Å². The summed E-state index contributed by atoms with van der Waals surface area (Å²) in [6.45, 7) is 5.14. The van der Waals surface area contributed by atoms with Crippen molar-refractivity contribution in [3.8, 4) is 0 Å². The molecule has 0 aromatic carbocycles. The fourth-order valence-corrected chi connectivity index (χ4v) is 2.76. The van der Waals surface area contributed by atoms with Crippen molar-refractivity contribution in [1.82, 2.24) is 9.97 Å². The Morgan fingerprint density at radius 2 is 1.80 bits per heavy atom. The second-order valence-corrected chi connectivity index (χ2v) is 5.80. The largest absolute Gasteiger partial charge is 0.370 e. The van der Waals surface area contributed by atoms with Gasteiger partial charge in [-0.25, -0.2) is 9.97 Å². The molecule has 0 saturated heterocycles. The third-order valence-corrected chi connectivity index (χ3v) is 3.88. The van der Waals surface area contributed by atoms with Crippen molar-refractivity contribution in [3.05, 3.63) is 11.9 Å². The third-order valence-electron chi connectivity index (χ3n) is 3.88. The zero-order chi connectivity index (χ0) is 14.2. The highest BCUT2D eigenvalue weighted by molar-refractivity contribution is 5.48. The first-order valence-electron chi connectivity index (χ1n) is 8.14. The van der Waals surface area contributed by atoms with Gasteiger partial charge in [-0.3, -0.25) is 0 Å². The maximum atomic E-state index is 4.52. The molecule has 0 aliphatic heterocycles. The maximum Gasteiger partial charge on any atom is 0.132 e. The summed E-state index contributed by atoms with van der Waals surface area (Å²) in [5.41, 5.74) is 0. The molecule has 1 aliphatic rings. The third kappa shape index (κ3) is 4.99. The number of hydrogen-bond donors (Lipinski definition) is 2. The van der Waals surface area contributed by atoms with E-state index in [-0.39, 0.29) is 0 Å². The second kappa shape index (κ2) is 8.08. The minimum atomic E-state index is 0.579. The van der Waals surface area contributed by atoms with Crippen LogP contribution >= 0.6 is 0 Å². The first-order valence-corrected chi connectivity index (χ1v) is 8.14. The number of aromatic nitrogens is 2. The molecule has 1 aromatic heterocycles. The minimum absolute atomic E-state index is 0.579. The van der Waals surface area contributed by atoms with Crippen LogP contribution in [0.15, 0.2) is 6.07 Å². The highest BCUT2D eigenvalue weighted by Gasteiger charge is 2.13. The van der Waals surface area contributed by atoms with Gasteiger partial charge in [-0.05, 0) is 26.2 Å². The van der Waals surface area contributed by atoms with E-state index < -0.39 is 0 Å². The van der Waals surface area contributed by atoms with Crippen LogP contribution in [0.3, 0.4) is 0 Å². The van der Waals surface area contributed by atoms with E-state index in [1.165, 1.54) is 51.4 Å². The van der Waals surface area contributed by atoms with Crippen LogP contribution in [0.2, 0.25) is 0 Å². The van der Waals surface area contributed by atoms with Crippen LogP contribution in [0.5, 0.6) is 0 Å². The Labute approximate surface area is 122 Å². The summed E-state index contributed by atoms with van der Waals surface area (Å²) in [7, 11) is 0. The van der Waals surface area contributed by atoms with Crippen LogP contribution in [-0.4, -0.2) is 22.6 Å². The Hall–Kier alpha value is -1.32. The summed E-state index contributed by atoms with van der Waals surface area (Å²) in [5.74, 6) is 2.76. The number of hydrogen-bond acceptors (Lipinski definition) is 4. The quantitative estimate of drug-likeness (QED) is 0.606. The highest BCUT2D eigenvalue weighted by atomic mass is 15.1. The van der Waals surface area contributed by atoms with Crippen molar-refractivity contribution in [3.63, 3.8) is 0 Å². The molecule has 4 nitrogen and oxygen atoms in total. The van der Waals surface area contributed by atoms with Crippen LogP contribution in [0.1, 0.15) is 64.1 Å². The average Bonchev–Trinajstić information content (AvgIpc) is 2.67. The fourth-order valence-electron chi connectivity index (χ4n) is 2.76. The van der Waals surface area contributed by atoms with E-state index in [4.69, 9.17) is 0 Å². The van der Waals surface area contributed by atoms with Crippen molar-refractivity contribution in [2.75, 3.05) is 17.2 Å². The Balaban J connectivity index is 1.95. The molecule has 1 aromatic rings. The van der Waals surface area contributed by atoms with Crippen LogP contribution in [0.25, 0.3) is 0 Å². The lowest BCUT2D eigenvalue weighted by molar-refractivity contribution is 0.617. The number of nitrogens with one attached hydrogen (secondary N) is 2. The van der Waals surface area contributed by atoms with Gasteiger partial charge in [0.1, 0.15) is 17.5 Å². The van der Waals surface area contributed by atoms with E-state index in [1.54, 1.807) is 0 Å². The van der Waals surface area contributed by atoms with Gasteiger partial charge in [-0.15, -0.1) is 0 Å². The normalized spacial score (nSPS) is 16.7. The van der Waals surface area contributed by atoms with Crippen LogP contribution < -0.4 is 10.6 Å². The van der Waals surface area contributed by atoms with Gasteiger partial charge >= 0.3 is 0 Å². The van der Waals surface area contributed by atoms with E-state index in [2.05, 4.69) is 27.5 Å². The van der Waals surface area contributed by atoms with Gasteiger partial charge in [0.2, 0.25) is 0 Å². The van der Waals surface area contributed by atoms with Crippen LogP contribution in [0, 0.1) is 6.92 Å². The molecule has 0 radical (unpaired) electrons. The van der Waals surface area contributed by atoms with E-state index in [0.717, 1.165) is 24.0 Å². The lowest BCUT2D eigenvalue weighted by Gasteiger charge is -2.17. The number of unbranched alkanes of at least 4 members (excludes halogenated alkanes) is 1. The van der Waals surface area contributed by atoms with Gasteiger partial charge in [0, 0.05) is 18.7 Å². The Bertz CT molecular complexity index is 397. The van der Waals surface area contributed by atoms with Gasteiger partial charge in [0.05, 0.1) is 0 Å². The first-order chi connectivity index (χ1) is 9.78. The molecule has 2 rings (SSSR count). The number of nitrogens with zero attached hydrogens (tertiary/aromatic N) is 2. The molecule has 0 spiro atoms. The average molecular weight is 276 g/mol. The Morgan fingerprint density at radius 3 is 2.50 bits per heavy atom. The molecule has 4 heteroatoms. The number of anilines is 2. The molecule has 1 saturated carbocycles. The van der Waals surface area contributed by atoms with Crippen molar-refractivity contribution < 1.29 is 0 Å². The summed E-state index contributed by atoms with van der Waals surface area (Å²) in [5, 5.41) is 6.99. The van der Waals surface area contributed by atoms with Crippen molar-refractivity contribution in [2.45, 2.75) is 71.3 Å². The lowest BCUT2D eigenvalue weighted by atomic mass is 10.1. The van der Waals surface area contributed by atoms with Crippen molar-refractivity contribution in [2.24, 2.45) is 0 Å². The Kier molecular flexibility index (Phi) is 6.09. The molecule has 0 atom stereocenters. The molecule has 1 heterocycles. The molecule has 1 fully saturated rings. The van der Waals surface area contributed by atoms with E-state index in [0.29, 0.717) is 6.04 Å². The molecule has 2 N–H and O–H groups in total. The molecule has 112 valence electrons. The molecule has 0 unspecified atom stereocenters. The second-order valence-electron chi connectivity index (χ2n) is 5.80. The summed E-state index contributed by atoms with van der Waals surface area (Å²) in [6.07, 6.45) is 10.3. The summed E-state index contributed by atoms with van der Waals surface area (Å²) < 4.78 is 0. The zero-order valence-corrected chi connectivity index (χ0v) is 12.9. The topological polar surface area (TPSA) is 49.8 Å². The number of rotatable bonds is 6. The molecule has 0 bridgehead atoms. The lowest BCUT2D eigenvalue weighted by Crippen LogP contribution is -2.19. The predicted octanol–water partition coefficient (Wildman–Crippen LogP) is 4.13. The highest BCUT2D eigenvalue weighted by Crippen LogP contribution is 2.21. The summed E-state index contributed by atoms with van der Waals surface area (Å²) in [6, 6.07) is 2.63. The van der Waals surface area contributed by atoms with Gasteiger partial charge in [-0.1, -0.05) is 39.0 Å². The number of aryl methyl sites for hydroxylation is 1. The van der Waals surface area contributed by atoms with Gasteiger partial charge in [-0.2, -0.15) is 0 Å². The maximum absolute atomic E-state index is 4.52. The first kappa shape index (κ1) is 15.1. The SMILES string of the molecule is CCCCNc1cc(NC2CCCCCC2)nc(C)n1. The smallest absolute Gasteiger partial charge is 0.132 e. The molecular weight excluding hydrogens is 248 g/mol. The minimum Gasteiger partial charge on any atom is -0.370 e. The zero-order valence-electron chi connectivity index (χ0n) is 12.9. The van der Waals surface area contributed by atoms with Gasteiger partial charge in [0.25, 0.3) is 0 Å². The summed E-state index contributed by atoms with van der Waals surface area (Å²) in [4.78, 5) is 8.98. The predicted molar refractivity (Wildman–Crippen MR) is 85.3 cm³/mol. The monoisotopic (exact) mass is 276 g/mol. The fraction of sp³-hybridized carbons (Fsp3) is 0.750. The van der Waals surface area contributed by atoms with E-state index in [1.807, 2.05) is 13.0 Å². The van der Waals surface area contributed by atoms with Gasteiger partial charge < -0.3 is 10.6 Å². The molecule has 20 heavy (non-hydrogen) atoms. The van der Waals surface area contributed by atoms with Crippen LogP contribution in [0.4, 0.5) is 11.6 Å². The Morgan fingerprint density at radius 1 is 1.10 bits per heavy atom. The van der Waals surface area contributed by atoms with Crippen molar-refractivity contribution >= 4 is 11.6 Å². The van der Waals surface area contributed by atoms with Gasteiger partial charge in [0.15, 0.2) is 0 Å². The van der Waals surface area contributed by atoms with E-state index in [9.17, 15) is 0 Å². The van der Waals surface area contributed by atoms with Crippen LogP contribution in [-0.2, 0) is 0 Å². The standard InChI is InChI=1S/C16H28N4/c1-3-4-11-17-15-12-16(19-13(2)18-15)20-14-9-7-5-6-8-10-14/h12,14H,3-11H2,1-2H3,(H2,17,18,19,20).